The highest BCUT2D eigenvalue weighted by atomic mass is 28.3. The molecule has 15 heteroatoms. The summed E-state index contributed by atoms with van der Waals surface area (Å²) < 4.78 is 54.8. The van der Waals surface area contributed by atoms with Crippen molar-refractivity contribution in [3.05, 3.63) is 46.0 Å². The summed E-state index contributed by atoms with van der Waals surface area (Å²) in [6.45, 7) is 9.39. The molecule has 0 N–H and O–H groups in total. The molecule has 246 valence electrons. The molecule has 4 rings (SSSR count). The van der Waals surface area contributed by atoms with Crippen LogP contribution in [0.3, 0.4) is 0 Å². The number of hydrogen-bond acceptors (Lipinski definition) is 9. The molecule has 2 aliphatic rings. The fraction of sp³-hybridized carbons (Fsp3) is 0.633. The Hall–Kier alpha value is -3.48. The number of ether oxygens (including phenoxy) is 2. The number of rotatable bonds is 12. The number of carbonyl (C=O) groups excluding carboxylic acids is 1. The number of piperidine rings is 1. The van der Waals surface area contributed by atoms with Crippen LogP contribution in [0.15, 0.2) is 29.3 Å². The van der Waals surface area contributed by atoms with Crippen molar-refractivity contribution in [2.75, 3.05) is 62.3 Å². The largest absolute Gasteiger partial charge is 0.423 e. The van der Waals surface area contributed by atoms with Crippen LogP contribution in [0.25, 0.3) is 0 Å². The lowest BCUT2D eigenvalue weighted by atomic mass is 10.0. The maximum Gasteiger partial charge on any atom is 0.423 e. The van der Waals surface area contributed by atoms with E-state index in [0.717, 1.165) is 29.2 Å². The Labute approximate surface area is 262 Å². The number of amides is 1. The lowest BCUT2D eigenvalue weighted by molar-refractivity contribution is -0.139. The van der Waals surface area contributed by atoms with Crippen molar-refractivity contribution in [1.82, 2.24) is 19.7 Å². The second-order valence-electron chi connectivity index (χ2n) is 12.6. The van der Waals surface area contributed by atoms with Crippen molar-refractivity contribution in [3.8, 4) is 6.07 Å². The van der Waals surface area contributed by atoms with E-state index in [1.54, 1.807) is 21.9 Å². The van der Waals surface area contributed by atoms with Gasteiger partial charge in [-0.1, -0.05) is 19.6 Å². The zero-order chi connectivity index (χ0) is 32.6. The highest BCUT2D eigenvalue weighted by Gasteiger charge is 2.41. The molecular weight excluding hydrogens is 607 g/mol. The van der Waals surface area contributed by atoms with Crippen LogP contribution in [0.5, 0.6) is 0 Å². The molecule has 2 aliphatic heterocycles. The number of carbonyl (C=O) groups is 1. The average Bonchev–Trinajstić information content (AvgIpc) is 3.01. The van der Waals surface area contributed by atoms with Gasteiger partial charge in [-0.15, -0.1) is 0 Å². The first-order chi connectivity index (χ1) is 21.4. The third kappa shape index (κ3) is 9.51. The van der Waals surface area contributed by atoms with Gasteiger partial charge in [-0.3, -0.25) is 9.59 Å². The molecule has 0 aliphatic carbocycles. The van der Waals surface area contributed by atoms with Crippen LogP contribution < -0.4 is 15.4 Å². The topological polar surface area (TPSA) is 117 Å². The third-order valence-electron chi connectivity index (χ3n) is 8.06. The maximum atomic E-state index is 14.2. The fourth-order valence-corrected chi connectivity index (χ4v) is 6.19. The number of hydrogen-bond donors (Lipinski definition) is 0. The van der Waals surface area contributed by atoms with E-state index in [4.69, 9.17) is 14.7 Å². The summed E-state index contributed by atoms with van der Waals surface area (Å²) in [6.07, 6.45) is 0.0196. The van der Waals surface area contributed by atoms with E-state index < -0.39 is 25.4 Å². The second kappa shape index (κ2) is 15.2. The molecule has 45 heavy (non-hydrogen) atoms. The number of nitrogens with zero attached hydrogens (tertiary/aromatic N) is 7. The van der Waals surface area contributed by atoms with Crippen LogP contribution in [-0.2, 0) is 27.2 Å². The van der Waals surface area contributed by atoms with E-state index in [0.29, 0.717) is 57.7 Å². The summed E-state index contributed by atoms with van der Waals surface area (Å²) in [5, 5.41) is 13.0. The summed E-state index contributed by atoms with van der Waals surface area (Å²) >= 11 is 0. The number of piperazine rings is 1. The lowest BCUT2D eigenvalue weighted by Gasteiger charge is -2.38. The molecule has 2 fully saturated rings. The summed E-state index contributed by atoms with van der Waals surface area (Å²) in [5.74, 6) is 0.704. The Morgan fingerprint density at radius 2 is 1.82 bits per heavy atom. The molecule has 1 unspecified atom stereocenters. The van der Waals surface area contributed by atoms with E-state index in [-0.39, 0.29) is 44.0 Å². The van der Waals surface area contributed by atoms with E-state index in [2.05, 4.69) is 34.6 Å². The van der Waals surface area contributed by atoms with Crippen molar-refractivity contribution in [3.63, 3.8) is 0 Å². The molecule has 0 aromatic carbocycles. The van der Waals surface area contributed by atoms with Gasteiger partial charge in [-0.25, -0.2) is 9.67 Å². The highest BCUT2D eigenvalue weighted by molar-refractivity contribution is 6.76. The number of anilines is 2. The SMILES string of the molecule is C[Si](C)(C)CCOCn1ncc(N2CCCCC2COCCC(=O)N2CCN(c3ccc(C#N)cn3)CC2)c(C(F)(F)F)c1=O. The molecule has 0 saturated carbocycles. The van der Waals surface area contributed by atoms with Crippen LogP contribution in [0, 0.1) is 11.3 Å². The summed E-state index contributed by atoms with van der Waals surface area (Å²) in [5.41, 5.74) is -2.23. The molecule has 0 spiro atoms. The van der Waals surface area contributed by atoms with E-state index >= 15 is 0 Å². The first-order valence-corrected chi connectivity index (χ1v) is 19.1. The Kier molecular flexibility index (Phi) is 11.6. The van der Waals surface area contributed by atoms with Gasteiger partial charge in [-0.2, -0.15) is 23.5 Å². The molecule has 0 radical (unpaired) electrons. The minimum Gasteiger partial charge on any atom is -0.379 e. The standard InChI is InChI=1S/C30H42F3N7O4Si/c1-45(2,3)17-16-44-22-40-29(42)28(30(31,32)33)25(20-36-40)39-10-5-4-6-24(39)21-43-15-9-27(41)38-13-11-37(12-14-38)26-8-7-23(18-34)19-35-26/h7-8,19-20,24H,4-6,9-17,21-22H2,1-3H3. The lowest BCUT2D eigenvalue weighted by Crippen LogP contribution is -2.49. The Bertz CT molecular complexity index is 1380. The fourth-order valence-electron chi connectivity index (χ4n) is 5.44. The minimum atomic E-state index is -4.87. The Morgan fingerprint density at radius 1 is 1.07 bits per heavy atom. The van der Waals surface area contributed by atoms with E-state index in [1.165, 1.54) is 6.20 Å². The number of aromatic nitrogens is 3. The van der Waals surface area contributed by atoms with Gasteiger partial charge in [0, 0.05) is 53.6 Å². The maximum absolute atomic E-state index is 14.2. The van der Waals surface area contributed by atoms with Gasteiger partial charge < -0.3 is 24.2 Å². The van der Waals surface area contributed by atoms with Gasteiger partial charge in [0.05, 0.1) is 43.1 Å². The molecule has 2 aromatic rings. The molecule has 4 heterocycles. The second-order valence-corrected chi connectivity index (χ2v) is 18.2. The predicted octanol–water partition coefficient (Wildman–Crippen LogP) is 3.96. The van der Waals surface area contributed by atoms with Crippen molar-refractivity contribution in [1.29, 1.82) is 5.26 Å². The zero-order valence-corrected chi connectivity index (χ0v) is 27.2. The van der Waals surface area contributed by atoms with E-state index in [9.17, 15) is 22.8 Å². The molecule has 1 atom stereocenters. The van der Waals surface area contributed by atoms with Crippen molar-refractivity contribution >= 4 is 25.5 Å². The van der Waals surface area contributed by atoms with Gasteiger partial charge in [0.1, 0.15) is 24.2 Å². The Morgan fingerprint density at radius 3 is 2.47 bits per heavy atom. The molecule has 1 amide bonds. The quantitative estimate of drug-likeness (QED) is 0.249. The molecule has 11 nitrogen and oxygen atoms in total. The average molecular weight is 650 g/mol. The number of halogens is 3. The van der Waals surface area contributed by atoms with Crippen LogP contribution >= 0.6 is 0 Å². The van der Waals surface area contributed by atoms with Crippen LogP contribution in [-0.4, -0.2) is 92.2 Å². The molecular formula is C30H42F3N7O4Si. The van der Waals surface area contributed by atoms with Crippen LogP contribution in [0.1, 0.15) is 36.8 Å². The van der Waals surface area contributed by atoms with Gasteiger partial charge in [0.2, 0.25) is 5.91 Å². The number of alkyl halides is 3. The summed E-state index contributed by atoms with van der Waals surface area (Å²) in [7, 11) is -1.40. The van der Waals surface area contributed by atoms with Gasteiger partial charge >= 0.3 is 6.18 Å². The number of nitriles is 1. The van der Waals surface area contributed by atoms with Crippen molar-refractivity contribution in [2.24, 2.45) is 0 Å². The van der Waals surface area contributed by atoms with E-state index in [1.807, 2.05) is 6.07 Å². The monoisotopic (exact) mass is 649 g/mol. The first kappa shape index (κ1) is 34.4. The predicted molar refractivity (Wildman–Crippen MR) is 166 cm³/mol. The smallest absolute Gasteiger partial charge is 0.379 e. The van der Waals surface area contributed by atoms with Crippen LogP contribution in [0.4, 0.5) is 24.7 Å². The van der Waals surface area contributed by atoms with Gasteiger partial charge in [-0.05, 0) is 37.4 Å². The Balaban J connectivity index is 1.31. The third-order valence-corrected chi connectivity index (χ3v) is 9.76. The normalized spacial score (nSPS) is 17.8. The molecule has 2 saturated heterocycles. The molecule has 2 aromatic heterocycles. The van der Waals surface area contributed by atoms with Gasteiger partial charge in [0.15, 0.2) is 0 Å². The van der Waals surface area contributed by atoms with Crippen LogP contribution in [0.2, 0.25) is 25.7 Å². The molecule has 0 bridgehead atoms. The summed E-state index contributed by atoms with van der Waals surface area (Å²) in [6, 6.07) is 5.99. The minimum absolute atomic E-state index is 0.0535. The first-order valence-electron chi connectivity index (χ1n) is 15.4. The summed E-state index contributed by atoms with van der Waals surface area (Å²) in [4.78, 5) is 35.5. The van der Waals surface area contributed by atoms with Gasteiger partial charge in [0.25, 0.3) is 5.56 Å². The highest BCUT2D eigenvalue weighted by Crippen LogP contribution is 2.36. The number of pyridine rings is 1. The zero-order valence-electron chi connectivity index (χ0n) is 26.2. The van der Waals surface area contributed by atoms with Crippen molar-refractivity contribution in [2.45, 2.75) is 70.3 Å². The van der Waals surface area contributed by atoms with Crippen molar-refractivity contribution < 1.29 is 27.4 Å².